The molecule has 0 aromatic heterocycles. The van der Waals surface area contributed by atoms with Gasteiger partial charge in [0, 0.05) is 7.11 Å². The molecule has 1 atom stereocenters. The Labute approximate surface area is 102 Å². The number of nitrogens with one attached hydrogen (secondary N) is 1. The molecule has 1 N–H and O–H groups in total. The fraction of sp³-hybridized carbons (Fsp3) is 0.462. The van der Waals surface area contributed by atoms with Crippen molar-refractivity contribution in [3.8, 4) is 0 Å². The van der Waals surface area contributed by atoms with Crippen molar-refractivity contribution < 1.29 is 14.4 Å². The molecule has 0 radical (unpaired) electrons. The molecule has 0 saturated heterocycles. The zero-order chi connectivity index (χ0) is 12.7. The van der Waals surface area contributed by atoms with Crippen LogP contribution >= 0.6 is 0 Å². The van der Waals surface area contributed by atoms with E-state index in [2.05, 4.69) is 5.48 Å². The minimum Gasteiger partial charge on any atom is -0.367 e. The predicted octanol–water partition coefficient (Wildman–Crippen LogP) is 2.08. The van der Waals surface area contributed by atoms with Gasteiger partial charge >= 0.3 is 0 Å². The van der Waals surface area contributed by atoms with Crippen molar-refractivity contribution in [2.45, 2.75) is 20.0 Å². The highest BCUT2D eigenvalue weighted by Crippen LogP contribution is 2.15. The first kappa shape index (κ1) is 13.7. The molecule has 0 bridgehead atoms. The Kier molecular flexibility index (Phi) is 5.66. The van der Waals surface area contributed by atoms with E-state index in [4.69, 9.17) is 9.57 Å². The molecular formula is C13H19NO3. The van der Waals surface area contributed by atoms with E-state index in [0.717, 1.165) is 5.56 Å². The minimum absolute atomic E-state index is 0.292. The Balaban J connectivity index is 2.53. The number of ether oxygens (including phenoxy) is 1. The second-order valence-electron chi connectivity index (χ2n) is 4.20. The van der Waals surface area contributed by atoms with Gasteiger partial charge in [-0.05, 0) is 11.5 Å². The Morgan fingerprint density at radius 2 is 1.94 bits per heavy atom. The van der Waals surface area contributed by atoms with Gasteiger partial charge in [0.05, 0.1) is 6.61 Å². The highest BCUT2D eigenvalue weighted by Gasteiger charge is 2.19. The van der Waals surface area contributed by atoms with Gasteiger partial charge in [-0.25, -0.2) is 5.48 Å². The molecule has 0 aliphatic carbocycles. The van der Waals surface area contributed by atoms with Crippen LogP contribution in [0.2, 0.25) is 0 Å². The molecule has 0 aliphatic heterocycles. The van der Waals surface area contributed by atoms with Crippen LogP contribution < -0.4 is 5.48 Å². The summed E-state index contributed by atoms with van der Waals surface area (Å²) in [6.45, 7) is 4.51. The monoisotopic (exact) mass is 237 g/mol. The minimum atomic E-state index is -0.636. The van der Waals surface area contributed by atoms with E-state index < -0.39 is 6.10 Å². The predicted molar refractivity (Wildman–Crippen MR) is 65.1 cm³/mol. The normalized spacial score (nSPS) is 12.5. The van der Waals surface area contributed by atoms with Gasteiger partial charge in [0.25, 0.3) is 5.91 Å². The van der Waals surface area contributed by atoms with Crippen LogP contribution in [0.25, 0.3) is 0 Å². The van der Waals surface area contributed by atoms with Crippen molar-refractivity contribution in [2.24, 2.45) is 5.92 Å². The number of hydroxylamine groups is 1. The largest absolute Gasteiger partial charge is 0.367 e. The molecule has 1 unspecified atom stereocenters. The average molecular weight is 237 g/mol. The first-order valence-electron chi connectivity index (χ1n) is 5.64. The first-order valence-corrected chi connectivity index (χ1v) is 5.64. The third-order valence-corrected chi connectivity index (χ3v) is 2.17. The van der Waals surface area contributed by atoms with E-state index in [-0.39, 0.29) is 5.91 Å². The maximum atomic E-state index is 11.8. The summed E-state index contributed by atoms with van der Waals surface area (Å²) in [5, 5.41) is 0. The summed E-state index contributed by atoms with van der Waals surface area (Å²) in [5.41, 5.74) is 3.21. The number of methoxy groups -OCH3 is 1. The van der Waals surface area contributed by atoms with Gasteiger partial charge < -0.3 is 4.74 Å². The van der Waals surface area contributed by atoms with Gasteiger partial charge in [-0.3, -0.25) is 9.63 Å². The van der Waals surface area contributed by atoms with E-state index >= 15 is 0 Å². The van der Waals surface area contributed by atoms with Crippen molar-refractivity contribution in [3.63, 3.8) is 0 Å². The molecule has 0 spiro atoms. The fourth-order valence-corrected chi connectivity index (χ4v) is 1.36. The number of hydrogen-bond donors (Lipinski definition) is 1. The first-order chi connectivity index (χ1) is 8.15. The standard InChI is InChI=1S/C13H19NO3/c1-10(2)9-17-14-13(15)12(16-3)11-7-5-4-6-8-11/h4-8,10,12H,9H2,1-3H3,(H,14,15). The van der Waals surface area contributed by atoms with Crippen LogP contribution in [-0.2, 0) is 14.4 Å². The van der Waals surface area contributed by atoms with Crippen LogP contribution in [0.5, 0.6) is 0 Å². The molecule has 0 heterocycles. The molecule has 1 rings (SSSR count). The lowest BCUT2D eigenvalue weighted by molar-refractivity contribution is -0.145. The second-order valence-corrected chi connectivity index (χ2v) is 4.20. The molecule has 4 nitrogen and oxygen atoms in total. The lowest BCUT2D eigenvalue weighted by Crippen LogP contribution is -2.31. The van der Waals surface area contributed by atoms with Gasteiger partial charge in [0.2, 0.25) is 0 Å². The zero-order valence-electron chi connectivity index (χ0n) is 10.5. The van der Waals surface area contributed by atoms with Crippen molar-refractivity contribution in [2.75, 3.05) is 13.7 Å². The van der Waals surface area contributed by atoms with E-state index in [0.29, 0.717) is 12.5 Å². The number of carbonyl (C=O) groups excluding carboxylic acids is 1. The Hall–Kier alpha value is -1.39. The molecule has 94 valence electrons. The van der Waals surface area contributed by atoms with Crippen molar-refractivity contribution in [3.05, 3.63) is 35.9 Å². The third kappa shape index (κ3) is 4.54. The molecule has 0 aliphatic rings. The van der Waals surface area contributed by atoms with Crippen molar-refractivity contribution >= 4 is 5.91 Å². The number of rotatable bonds is 6. The molecule has 1 amide bonds. The summed E-state index contributed by atoms with van der Waals surface area (Å²) in [6, 6.07) is 9.31. The number of amides is 1. The van der Waals surface area contributed by atoms with Gasteiger partial charge in [-0.1, -0.05) is 44.2 Å². The summed E-state index contributed by atoms with van der Waals surface area (Å²) in [7, 11) is 1.50. The lowest BCUT2D eigenvalue weighted by Gasteiger charge is -2.15. The van der Waals surface area contributed by atoms with Crippen LogP contribution in [0, 0.1) is 5.92 Å². The van der Waals surface area contributed by atoms with Gasteiger partial charge in [0.15, 0.2) is 6.10 Å². The summed E-state index contributed by atoms with van der Waals surface area (Å²) in [6.07, 6.45) is -0.636. The zero-order valence-corrected chi connectivity index (χ0v) is 10.5. The van der Waals surface area contributed by atoms with Crippen LogP contribution in [0.4, 0.5) is 0 Å². The average Bonchev–Trinajstić information content (AvgIpc) is 2.31. The molecular weight excluding hydrogens is 218 g/mol. The highest BCUT2D eigenvalue weighted by molar-refractivity contribution is 5.81. The van der Waals surface area contributed by atoms with E-state index in [1.54, 1.807) is 0 Å². The lowest BCUT2D eigenvalue weighted by atomic mass is 10.1. The van der Waals surface area contributed by atoms with Crippen LogP contribution in [-0.4, -0.2) is 19.6 Å². The number of benzene rings is 1. The van der Waals surface area contributed by atoms with Gasteiger partial charge in [0.1, 0.15) is 0 Å². The van der Waals surface area contributed by atoms with E-state index in [1.165, 1.54) is 7.11 Å². The maximum absolute atomic E-state index is 11.8. The SMILES string of the molecule is COC(C(=O)NOCC(C)C)c1ccccc1. The summed E-state index contributed by atoms with van der Waals surface area (Å²) in [4.78, 5) is 16.9. The Bertz CT molecular complexity index is 338. The summed E-state index contributed by atoms with van der Waals surface area (Å²) < 4.78 is 5.16. The number of carbonyl (C=O) groups is 1. The summed E-state index contributed by atoms with van der Waals surface area (Å²) >= 11 is 0. The highest BCUT2D eigenvalue weighted by atomic mass is 16.7. The maximum Gasteiger partial charge on any atom is 0.277 e. The van der Waals surface area contributed by atoms with Crippen LogP contribution in [0.1, 0.15) is 25.5 Å². The second kappa shape index (κ2) is 7.04. The Morgan fingerprint density at radius 3 is 2.47 bits per heavy atom. The molecule has 4 heteroatoms. The van der Waals surface area contributed by atoms with E-state index in [9.17, 15) is 4.79 Å². The Morgan fingerprint density at radius 1 is 1.29 bits per heavy atom. The molecule has 1 aromatic carbocycles. The van der Waals surface area contributed by atoms with Crippen molar-refractivity contribution in [1.29, 1.82) is 0 Å². The van der Waals surface area contributed by atoms with E-state index in [1.807, 2.05) is 44.2 Å². The molecule has 17 heavy (non-hydrogen) atoms. The third-order valence-electron chi connectivity index (χ3n) is 2.17. The van der Waals surface area contributed by atoms with Gasteiger partial charge in [-0.15, -0.1) is 0 Å². The molecule has 1 aromatic rings. The molecule has 0 fully saturated rings. The summed E-state index contributed by atoms with van der Waals surface area (Å²) in [5.74, 6) is 0.0763. The molecule has 0 saturated carbocycles. The number of hydrogen-bond acceptors (Lipinski definition) is 3. The van der Waals surface area contributed by atoms with Crippen molar-refractivity contribution in [1.82, 2.24) is 5.48 Å². The van der Waals surface area contributed by atoms with Gasteiger partial charge in [-0.2, -0.15) is 0 Å². The topological polar surface area (TPSA) is 47.6 Å². The fourth-order valence-electron chi connectivity index (χ4n) is 1.36. The smallest absolute Gasteiger partial charge is 0.277 e. The van der Waals surface area contributed by atoms with Crippen LogP contribution in [0.15, 0.2) is 30.3 Å². The quantitative estimate of drug-likeness (QED) is 0.770. The van der Waals surface area contributed by atoms with Crippen LogP contribution in [0.3, 0.4) is 0 Å².